The molecule has 0 saturated heterocycles. The minimum Gasteiger partial charge on any atom is -0.494 e. The van der Waals surface area contributed by atoms with Crippen molar-refractivity contribution in [2.45, 2.75) is 6.92 Å². The number of nitrogens with zero attached hydrogens (tertiary/aromatic N) is 1. The molecular formula is C22H16Cl2N2O3. The number of hydrogen-bond donors (Lipinski definition) is 1. The number of oxazole rings is 1. The molecule has 4 rings (SSSR count). The molecule has 1 amide bonds. The normalized spacial score (nSPS) is 10.9. The fraction of sp³-hybridized carbons (Fsp3) is 0.0909. The van der Waals surface area contributed by atoms with E-state index < -0.39 is 0 Å². The zero-order valence-corrected chi connectivity index (χ0v) is 17.1. The van der Waals surface area contributed by atoms with Gasteiger partial charge in [0.25, 0.3) is 5.91 Å². The molecule has 3 aromatic carbocycles. The molecule has 0 saturated carbocycles. The summed E-state index contributed by atoms with van der Waals surface area (Å²) < 4.78 is 11.0. The van der Waals surface area contributed by atoms with Crippen LogP contribution in [-0.4, -0.2) is 18.0 Å². The molecule has 146 valence electrons. The first-order valence-corrected chi connectivity index (χ1v) is 9.52. The molecular weight excluding hydrogens is 411 g/mol. The number of fused-ring (bicyclic) bond motifs is 1. The van der Waals surface area contributed by atoms with Crippen LogP contribution in [0.4, 0.5) is 5.69 Å². The highest BCUT2D eigenvalue weighted by Gasteiger charge is 2.15. The summed E-state index contributed by atoms with van der Waals surface area (Å²) in [5.41, 5.74) is 4.27. The highest BCUT2D eigenvalue weighted by Crippen LogP contribution is 2.34. The SMILES string of the molecule is COc1c(Cl)cc(C(=O)Nc2cccc(-c3nc4cc(C)ccc4o3)c2)cc1Cl. The fourth-order valence-electron chi connectivity index (χ4n) is 2.98. The number of rotatable bonds is 4. The molecule has 0 fully saturated rings. The van der Waals surface area contributed by atoms with Gasteiger partial charge in [-0.05, 0) is 55.0 Å². The van der Waals surface area contributed by atoms with Gasteiger partial charge in [0.2, 0.25) is 5.89 Å². The number of amides is 1. The summed E-state index contributed by atoms with van der Waals surface area (Å²) in [7, 11) is 1.46. The van der Waals surface area contributed by atoms with E-state index in [4.69, 9.17) is 32.4 Å². The quantitative estimate of drug-likeness (QED) is 0.411. The van der Waals surface area contributed by atoms with Crippen LogP contribution in [0.3, 0.4) is 0 Å². The van der Waals surface area contributed by atoms with E-state index in [0.29, 0.717) is 28.5 Å². The maximum absolute atomic E-state index is 12.6. The van der Waals surface area contributed by atoms with E-state index in [0.717, 1.165) is 16.6 Å². The van der Waals surface area contributed by atoms with Gasteiger partial charge in [0, 0.05) is 16.8 Å². The number of carbonyl (C=O) groups excluding carboxylic acids is 1. The van der Waals surface area contributed by atoms with Crippen molar-refractivity contribution >= 4 is 45.9 Å². The van der Waals surface area contributed by atoms with Crippen LogP contribution < -0.4 is 10.1 Å². The lowest BCUT2D eigenvalue weighted by Crippen LogP contribution is -2.12. The van der Waals surface area contributed by atoms with E-state index in [-0.39, 0.29) is 16.0 Å². The highest BCUT2D eigenvalue weighted by atomic mass is 35.5. The van der Waals surface area contributed by atoms with Crippen molar-refractivity contribution in [3.63, 3.8) is 0 Å². The monoisotopic (exact) mass is 426 g/mol. The largest absolute Gasteiger partial charge is 0.494 e. The molecule has 0 spiro atoms. The molecule has 0 aliphatic carbocycles. The molecule has 1 aromatic heterocycles. The number of anilines is 1. The van der Waals surface area contributed by atoms with Gasteiger partial charge in [-0.2, -0.15) is 0 Å². The summed E-state index contributed by atoms with van der Waals surface area (Å²) in [4.78, 5) is 17.2. The van der Waals surface area contributed by atoms with Gasteiger partial charge in [-0.1, -0.05) is 35.3 Å². The minimum atomic E-state index is -0.346. The summed E-state index contributed by atoms with van der Waals surface area (Å²) in [5, 5.41) is 3.37. The van der Waals surface area contributed by atoms with Crippen LogP contribution in [0.5, 0.6) is 5.75 Å². The van der Waals surface area contributed by atoms with Gasteiger partial charge in [-0.3, -0.25) is 4.79 Å². The lowest BCUT2D eigenvalue weighted by molar-refractivity contribution is 0.102. The number of halogens is 2. The van der Waals surface area contributed by atoms with Crippen molar-refractivity contribution in [3.05, 3.63) is 75.8 Å². The predicted octanol–water partition coefficient (Wildman–Crippen LogP) is 6.37. The summed E-state index contributed by atoms with van der Waals surface area (Å²) in [6.45, 7) is 2.00. The van der Waals surface area contributed by atoms with Gasteiger partial charge in [0.1, 0.15) is 5.52 Å². The number of ether oxygens (including phenoxy) is 1. The first-order chi connectivity index (χ1) is 13.9. The predicted molar refractivity (Wildman–Crippen MR) is 115 cm³/mol. The third-order valence-electron chi connectivity index (χ3n) is 4.38. The van der Waals surface area contributed by atoms with Gasteiger partial charge in [0.15, 0.2) is 11.3 Å². The van der Waals surface area contributed by atoms with E-state index in [2.05, 4.69) is 10.3 Å². The number of hydrogen-bond acceptors (Lipinski definition) is 4. The maximum atomic E-state index is 12.6. The molecule has 1 N–H and O–H groups in total. The number of nitrogens with one attached hydrogen (secondary N) is 1. The molecule has 0 radical (unpaired) electrons. The Morgan fingerprint density at radius 2 is 1.83 bits per heavy atom. The van der Waals surface area contributed by atoms with Crippen molar-refractivity contribution in [1.29, 1.82) is 0 Å². The van der Waals surface area contributed by atoms with Crippen LogP contribution in [0.15, 0.2) is 59.0 Å². The average Bonchev–Trinajstić information content (AvgIpc) is 3.11. The van der Waals surface area contributed by atoms with Crippen LogP contribution in [0, 0.1) is 6.92 Å². The smallest absolute Gasteiger partial charge is 0.255 e. The topological polar surface area (TPSA) is 64.4 Å². The van der Waals surface area contributed by atoms with E-state index in [1.165, 1.54) is 19.2 Å². The van der Waals surface area contributed by atoms with Crippen LogP contribution in [0.1, 0.15) is 15.9 Å². The van der Waals surface area contributed by atoms with Crippen LogP contribution in [-0.2, 0) is 0 Å². The molecule has 0 aliphatic rings. The summed E-state index contributed by atoms with van der Waals surface area (Å²) in [6.07, 6.45) is 0. The molecule has 29 heavy (non-hydrogen) atoms. The number of benzene rings is 3. The van der Waals surface area contributed by atoms with Gasteiger partial charge in [-0.25, -0.2) is 4.98 Å². The Bertz CT molecular complexity index is 1210. The third-order valence-corrected chi connectivity index (χ3v) is 4.94. The van der Waals surface area contributed by atoms with Crippen molar-refractivity contribution in [2.75, 3.05) is 12.4 Å². The first-order valence-electron chi connectivity index (χ1n) is 8.76. The lowest BCUT2D eigenvalue weighted by atomic mass is 10.1. The van der Waals surface area contributed by atoms with Gasteiger partial charge in [0.05, 0.1) is 17.2 Å². The van der Waals surface area contributed by atoms with Crippen LogP contribution in [0.2, 0.25) is 10.0 Å². The van der Waals surface area contributed by atoms with Crippen LogP contribution >= 0.6 is 23.2 Å². The Morgan fingerprint density at radius 3 is 2.55 bits per heavy atom. The average molecular weight is 427 g/mol. The molecule has 7 heteroatoms. The second-order valence-corrected chi connectivity index (χ2v) is 7.31. The zero-order valence-electron chi connectivity index (χ0n) is 15.6. The molecule has 4 aromatic rings. The fourth-order valence-corrected chi connectivity index (χ4v) is 3.62. The van der Waals surface area contributed by atoms with Crippen molar-refractivity contribution < 1.29 is 13.9 Å². The Hall–Kier alpha value is -3.02. The van der Waals surface area contributed by atoms with E-state index >= 15 is 0 Å². The van der Waals surface area contributed by atoms with Gasteiger partial charge < -0.3 is 14.5 Å². The summed E-state index contributed by atoms with van der Waals surface area (Å²) in [5.74, 6) is 0.470. The van der Waals surface area contributed by atoms with E-state index in [9.17, 15) is 4.79 Å². The Balaban J connectivity index is 1.61. The van der Waals surface area contributed by atoms with Crippen molar-refractivity contribution in [2.24, 2.45) is 0 Å². The van der Waals surface area contributed by atoms with E-state index in [1.807, 2.05) is 37.3 Å². The standard InChI is InChI=1S/C22H16Cl2N2O3/c1-12-6-7-19-18(8-12)26-22(29-19)13-4-3-5-15(9-13)25-21(27)14-10-16(23)20(28-2)17(24)11-14/h3-11H,1-2H3,(H,25,27). The second-order valence-electron chi connectivity index (χ2n) is 6.50. The Kier molecular flexibility index (Phi) is 5.18. The molecule has 0 bridgehead atoms. The molecule has 0 aliphatic heterocycles. The Labute approximate surface area is 177 Å². The lowest BCUT2D eigenvalue weighted by Gasteiger charge is -2.10. The first kappa shape index (κ1) is 19.3. The highest BCUT2D eigenvalue weighted by molar-refractivity contribution is 6.37. The maximum Gasteiger partial charge on any atom is 0.255 e. The number of aromatic nitrogens is 1. The number of carbonyl (C=O) groups is 1. The second kappa shape index (κ2) is 7.78. The van der Waals surface area contributed by atoms with Gasteiger partial charge in [-0.15, -0.1) is 0 Å². The summed E-state index contributed by atoms with van der Waals surface area (Å²) in [6, 6.07) is 16.1. The van der Waals surface area contributed by atoms with Crippen molar-refractivity contribution in [3.8, 4) is 17.2 Å². The molecule has 5 nitrogen and oxygen atoms in total. The van der Waals surface area contributed by atoms with Crippen molar-refractivity contribution in [1.82, 2.24) is 4.98 Å². The Morgan fingerprint density at radius 1 is 1.07 bits per heavy atom. The van der Waals surface area contributed by atoms with Gasteiger partial charge >= 0.3 is 0 Å². The number of aryl methyl sites for hydroxylation is 1. The summed E-state index contributed by atoms with van der Waals surface area (Å²) >= 11 is 12.3. The minimum absolute atomic E-state index is 0.265. The van der Waals surface area contributed by atoms with E-state index in [1.54, 1.807) is 12.1 Å². The van der Waals surface area contributed by atoms with Crippen LogP contribution in [0.25, 0.3) is 22.6 Å². The zero-order chi connectivity index (χ0) is 20.5. The molecule has 1 heterocycles. The molecule has 0 unspecified atom stereocenters. The number of methoxy groups -OCH3 is 1. The third kappa shape index (κ3) is 3.92. The molecule has 0 atom stereocenters.